The highest BCUT2D eigenvalue weighted by Gasteiger charge is 2.21. The lowest BCUT2D eigenvalue weighted by Crippen LogP contribution is -2.47. The Morgan fingerprint density at radius 3 is 2.57 bits per heavy atom. The number of methoxy groups -OCH3 is 1. The molecule has 160 valence electrons. The summed E-state index contributed by atoms with van der Waals surface area (Å²) in [6, 6.07) is 4.87. The van der Waals surface area contributed by atoms with Gasteiger partial charge in [-0.15, -0.1) is 24.0 Å². The summed E-state index contributed by atoms with van der Waals surface area (Å²) in [6.07, 6.45) is 2.18. The Morgan fingerprint density at radius 1 is 1.29 bits per heavy atom. The third-order valence-corrected chi connectivity index (χ3v) is 4.37. The lowest BCUT2D eigenvalue weighted by Gasteiger charge is -2.34. The third-order valence-electron chi connectivity index (χ3n) is 4.37. The van der Waals surface area contributed by atoms with Crippen LogP contribution in [-0.4, -0.2) is 56.9 Å². The Balaban J connectivity index is 0.00000392. The molecule has 2 rings (SSSR count). The van der Waals surface area contributed by atoms with Crippen LogP contribution in [0.15, 0.2) is 23.2 Å². The summed E-state index contributed by atoms with van der Waals surface area (Å²) >= 11 is 0. The van der Waals surface area contributed by atoms with Gasteiger partial charge in [0.15, 0.2) is 5.96 Å². The molecule has 0 aliphatic carbocycles. The Kier molecular flexibility index (Phi) is 11.4. The first kappa shape index (κ1) is 24.7. The van der Waals surface area contributed by atoms with Gasteiger partial charge in [0.25, 0.3) is 0 Å². The Bertz CT molecular complexity index is 612. The van der Waals surface area contributed by atoms with Gasteiger partial charge in [-0.2, -0.15) is 8.78 Å². The zero-order chi connectivity index (χ0) is 19.6. The van der Waals surface area contributed by atoms with Gasteiger partial charge in [0.2, 0.25) is 0 Å². The molecule has 1 aliphatic heterocycles. The fraction of sp³-hybridized carbons (Fsp3) is 0.632. The molecule has 1 aromatic carbocycles. The molecule has 9 heteroatoms. The minimum absolute atomic E-state index is 0. The van der Waals surface area contributed by atoms with E-state index in [9.17, 15) is 8.78 Å². The molecule has 28 heavy (non-hydrogen) atoms. The molecule has 1 saturated heterocycles. The molecule has 0 radical (unpaired) electrons. The number of likely N-dealkylation sites (tertiary alicyclic amines) is 1. The monoisotopic (exact) mass is 513 g/mol. The molecule has 0 amide bonds. The first-order chi connectivity index (χ1) is 13.1. The van der Waals surface area contributed by atoms with E-state index in [1.54, 1.807) is 12.1 Å². The van der Waals surface area contributed by atoms with E-state index < -0.39 is 6.61 Å². The average molecular weight is 513 g/mol. The van der Waals surface area contributed by atoms with Gasteiger partial charge in [-0.25, -0.2) is 4.99 Å². The highest BCUT2D eigenvalue weighted by molar-refractivity contribution is 14.0. The Morgan fingerprint density at radius 2 is 2.00 bits per heavy atom. The summed E-state index contributed by atoms with van der Waals surface area (Å²) in [7, 11) is 1.48. The summed E-state index contributed by atoms with van der Waals surface area (Å²) < 4.78 is 40.8. The number of benzene rings is 1. The number of nitrogens with zero attached hydrogens (tertiary/aromatic N) is 2. The zero-order valence-corrected chi connectivity index (χ0v) is 19.0. The highest BCUT2D eigenvalue weighted by Crippen LogP contribution is 2.27. The van der Waals surface area contributed by atoms with Crippen LogP contribution in [0.1, 0.15) is 32.3 Å². The number of ether oxygens (including phenoxy) is 3. The van der Waals surface area contributed by atoms with Crippen LogP contribution in [0.3, 0.4) is 0 Å². The summed E-state index contributed by atoms with van der Waals surface area (Å²) in [5, 5.41) is 3.27. The predicted octanol–water partition coefficient (Wildman–Crippen LogP) is 3.88. The summed E-state index contributed by atoms with van der Waals surface area (Å²) in [5.74, 6) is 1.31. The van der Waals surface area contributed by atoms with Gasteiger partial charge in [0.05, 0.1) is 19.8 Å². The average Bonchev–Trinajstić information content (AvgIpc) is 2.66. The number of piperidine rings is 1. The van der Waals surface area contributed by atoms with Gasteiger partial charge in [-0.1, -0.05) is 0 Å². The number of nitrogens with one attached hydrogen (secondary N) is 1. The van der Waals surface area contributed by atoms with E-state index in [4.69, 9.17) is 9.47 Å². The lowest BCUT2D eigenvalue weighted by molar-refractivity contribution is -0.0505. The number of rotatable bonds is 8. The Hall–Kier alpha value is -1.36. The first-order valence-electron chi connectivity index (χ1n) is 9.33. The second-order valence-electron chi connectivity index (χ2n) is 6.16. The maximum absolute atomic E-state index is 12.7. The molecule has 1 N–H and O–H groups in total. The van der Waals surface area contributed by atoms with Crippen molar-refractivity contribution in [2.75, 3.05) is 33.4 Å². The predicted molar refractivity (Wildman–Crippen MR) is 116 cm³/mol. The molecule has 0 saturated carbocycles. The van der Waals surface area contributed by atoms with E-state index in [-0.39, 0.29) is 36.3 Å². The largest absolute Gasteiger partial charge is 0.497 e. The second-order valence-corrected chi connectivity index (χ2v) is 6.16. The van der Waals surface area contributed by atoms with Gasteiger partial charge in [0.1, 0.15) is 11.5 Å². The molecular formula is C19H30F2IN3O3. The van der Waals surface area contributed by atoms with Gasteiger partial charge in [-0.05, 0) is 38.8 Å². The molecule has 0 unspecified atom stereocenters. The van der Waals surface area contributed by atoms with Crippen LogP contribution in [0.5, 0.6) is 11.5 Å². The molecule has 1 heterocycles. The maximum atomic E-state index is 12.7. The molecule has 1 aromatic rings. The van der Waals surface area contributed by atoms with Gasteiger partial charge < -0.3 is 24.4 Å². The molecule has 0 aromatic heterocycles. The van der Waals surface area contributed by atoms with Crippen molar-refractivity contribution in [2.45, 2.75) is 45.9 Å². The van der Waals surface area contributed by atoms with Crippen molar-refractivity contribution in [1.82, 2.24) is 10.2 Å². The Labute approximate surface area is 182 Å². The number of hydrogen-bond acceptors (Lipinski definition) is 4. The SMILES string of the molecule is CCNC(=NCc1ccc(OC)cc1OC(F)F)N1CCC(OCC)CC1.I. The minimum atomic E-state index is -2.90. The fourth-order valence-corrected chi connectivity index (χ4v) is 3.05. The van der Waals surface area contributed by atoms with Crippen LogP contribution in [0, 0.1) is 0 Å². The smallest absolute Gasteiger partial charge is 0.387 e. The first-order valence-corrected chi connectivity index (χ1v) is 9.33. The van der Waals surface area contributed by atoms with E-state index in [0.717, 1.165) is 45.0 Å². The number of guanidine groups is 1. The zero-order valence-electron chi connectivity index (χ0n) is 16.6. The van der Waals surface area contributed by atoms with Crippen LogP contribution in [0.25, 0.3) is 0 Å². The van der Waals surface area contributed by atoms with Crippen LogP contribution >= 0.6 is 24.0 Å². The van der Waals surface area contributed by atoms with Gasteiger partial charge in [-0.3, -0.25) is 0 Å². The van der Waals surface area contributed by atoms with Crippen molar-refractivity contribution in [3.8, 4) is 11.5 Å². The number of alkyl halides is 2. The topological polar surface area (TPSA) is 55.3 Å². The van der Waals surface area contributed by atoms with Crippen LogP contribution in [0.2, 0.25) is 0 Å². The summed E-state index contributed by atoms with van der Waals surface area (Å²) in [5.41, 5.74) is 0.579. The van der Waals surface area contributed by atoms with Crippen LogP contribution in [0.4, 0.5) is 8.78 Å². The molecule has 6 nitrogen and oxygen atoms in total. The molecule has 1 aliphatic rings. The van der Waals surface area contributed by atoms with E-state index in [1.165, 1.54) is 13.2 Å². The van der Waals surface area contributed by atoms with Crippen molar-refractivity contribution < 1.29 is 23.0 Å². The number of aliphatic imine (C=N–C) groups is 1. The van der Waals surface area contributed by atoms with Crippen LogP contribution < -0.4 is 14.8 Å². The molecule has 0 spiro atoms. The minimum Gasteiger partial charge on any atom is -0.497 e. The van der Waals surface area contributed by atoms with Crippen LogP contribution in [-0.2, 0) is 11.3 Å². The standard InChI is InChI=1S/C19H29F2N3O3.HI/c1-4-22-19(24-10-8-15(9-11-24)26-5-2)23-13-14-6-7-16(25-3)12-17(14)27-18(20)21;/h6-7,12,15,18H,4-5,8-11,13H2,1-3H3,(H,22,23);1H. The van der Waals surface area contributed by atoms with E-state index in [0.29, 0.717) is 17.4 Å². The van der Waals surface area contributed by atoms with Crippen molar-refractivity contribution >= 4 is 29.9 Å². The molecule has 0 atom stereocenters. The van der Waals surface area contributed by atoms with Crippen molar-refractivity contribution in [2.24, 2.45) is 4.99 Å². The second kappa shape index (κ2) is 13.0. The molecule has 0 bridgehead atoms. The molecule has 1 fully saturated rings. The third kappa shape index (κ3) is 7.57. The highest BCUT2D eigenvalue weighted by atomic mass is 127. The number of halogens is 3. The van der Waals surface area contributed by atoms with Crippen molar-refractivity contribution in [1.29, 1.82) is 0 Å². The van der Waals surface area contributed by atoms with E-state index in [2.05, 4.69) is 19.9 Å². The molecular weight excluding hydrogens is 483 g/mol. The van der Waals surface area contributed by atoms with Crippen molar-refractivity contribution in [3.05, 3.63) is 23.8 Å². The van der Waals surface area contributed by atoms with Gasteiger partial charge >= 0.3 is 6.61 Å². The summed E-state index contributed by atoms with van der Waals surface area (Å²) in [4.78, 5) is 6.80. The maximum Gasteiger partial charge on any atom is 0.387 e. The fourth-order valence-electron chi connectivity index (χ4n) is 3.05. The number of hydrogen-bond donors (Lipinski definition) is 1. The van der Waals surface area contributed by atoms with E-state index >= 15 is 0 Å². The quantitative estimate of drug-likeness (QED) is 0.325. The van der Waals surface area contributed by atoms with E-state index in [1.807, 2.05) is 13.8 Å². The normalized spacial score (nSPS) is 15.4. The van der Waals surface area contributed by atoms with Gasteiger partial charge in [0, 0.05) is 37.9 Å². The summed E-state index contributed by atoms with van der Waals surface area (Å²) in [6.45, 7) is 4.49. The lowest BCUT2D eigenvalue weighted by atomic mass is 10.1. The van der Waals surface area contributed by atoms with Crippen molar-refractivity contribution in [3.63, 3.8) is 0 Å².